The van der Waals surface area contributed by atoms with Gasteiger partial charge in [0.2, 0.25) is 0 Å². The van der Waals surface area contributed by atoms with Crippen molar-refractivity contribution in [2.75, 3.05) is 0 Å². The molecule has 13 heavy (non-hydrogen) atoms. The van der Waals surface area contributed by atoms with E-state index in [2.05, 4.69) is 18.8 Å². The molecule has 1 rings (SSSR count). The van der Waals surface area contributed by atoms with Gasteiger partial charge in [-0.25, -0.2) is 0 Å². The summed E-state index contributed by atoms with van der Waals surface area (Å²) in [5.74, 6) is 0.766. The maximum Gasteiger partial charge on any atom is 0.0625 e. The van der Waals surface area contributed by atoms with Gasteiger partial charge in [-0.3, -0.25) is 4.99 Å². The standard InChI is InChI=1S/C12H17N/c1-11(2)7-6-10-13-12-8-4-3-5-9-12/h3-5,8-11H,6-7H2,1-2H3. The molecule has 0 amide bonds. The molecule has 1 aromatic rings. The summed E-state index contributed by atoms with van der Waals surface area (Å²) in [6.45, 7) is 4.46. The minimum absolute atomic E-state index is 0.766. The van der Waals surface area contributed by atoms with Crippen molar-refractivity contribution in [2.45, 2.75) is 26.7 Å². The van der Waals surface area contributed by atoms with Crippen LogP contribution in [-0.2, 0) is 0 Å². The van der Waals surface area contributed by atoms with Crippen molar-refractivity contribution in [3.05, 3.63) is 30.3 Å². The largest absolute Gasteiger partial charge is 0.261 e. The molecule has 0 aliphatic rings. The summed E-state index contributed by atoms with van der Waals surface area (Å²) in [7, 11) is 0. The highest BCUT2D eigenvalue weighted by molar-refractivity contribution is 5.62. The van der Waals surface area contributed by atoms with Crippen LogP contribution in [0.15, 0.2) is 35.3 Å². The molecular formula is C12H17N. The Bertz CT molecular complexity index is 249. The first kappa shape index (κ1) is 9.97. The quantitative estimate of drug-likeness (QED) is 0.617. The number of nitrogens with zero attached hydrogens (tertiary/aromatic N) is 1. The number of benzene rings is 1. The fourth-order valence-electron chi connectivity index (χ4n) is 1.09. The third-order valence-electron chi connectivity index (χ3n) is 1.87. The maximum atomic E-state index is 4.35. The van der Waals surface area contributed by atoms with Crippen molar-refractivity contribution in [3.63, 3.8) is 0 Å². The van der Waals surface area contributed by atoms with E-state index in [1.54, 1.807) is 0 Å². The lowest BCUT2D eigenvalue weighted by Crippen LogP contribution is -1.86. The molecule has 0 radical (unpaired) electrons. The van der Waals surface area contributed by atoms with Crippen molar-refractivity contribution in [1.29, 1.82) is 0 Å². The zero-order valence-corrected chi connectivity index (χ0v) is 8.40. The van der Waals surface area contributed by atoms with Gasteiger partial charge in [-0.05, 0) is 30.9 Å². The second-order valence-electron chi connectivity index (χ2n) is 3.62. The highest BCUT2D eigenvalue weighted by atomic mass is 14.7. The first-order chi connectivity index (χ1) is 6.29. The average Bonchev–Trinajstić information content (AvgIpc) is 2.14. The molecule has 0 aromatic heterocycles. The van der Waals surface area contributed by atoms with Gasteiger partial charge >= 0.3 is 0 Å². The summed E-state index contributed by atoms with van der Waals surface area (Å²) < 4.78 is 0. The fourth-order valence-corrected chi connectivity index (χ4v) is 1.09. The smallest absolute Gasteiger partial charge is 0.0625 e. The second kappa shape index (κ2) is 5.52. The SMILES string of the molecule is CC(C)CCC=Nc1ccccc1. The van der Waals surface area contributed by atoms with E-state index < -0.39 is 0 Å². The monoisotopic (exact) mass is 175 g/mol. The highest BCUT2D eigenvalue weighted by Gasteiger charge is 1.90. The summed E-state index contributed by atoms with van der Waals surface area (Å²) in [5, 5.41) is 0. The number of aliphatic imine (C=N–C) groups is 1. The van der Waals surface area contributed by atoms with Crippen LogP contribution in [0.1, 0.15) is 26.7 Å². The Balaban J connectivity index is 2.33. The number of rotatable bonds is 4. The first-order valence-electron chi connectivity index (χ1n) is 4.86. The summed E-state index contributed by atoms with van der Waals surface area (Å²) >= 11 is 0. The van der Waals surface area contributed by atoms with E-state index >= 15 is 0 Å². The number of para-hydroxylation sites is 1. The third-order valence-corrected chi connectivity index (χ3v) is 1.87. The molecule has 0 saturated heterocycles. The van der Waals surface area contributed by atoms with Crippen LogP contribution in [0.4, 0.5) is 5.69 Å². The van der Waals surface area contributed by atoms with E-state index in [1.165, 1.54) is 6.42 Å². The van der Waals surface area contributed by atoms with Crippen molar-refractivity contribution in [1.82, 2.24) is 0 Å². The molecule has 1 aromatic carbocycles. The molecule has 1 nitrogen and oxygen atoms in total. The van der Waals surface area contributed by atoms with Crippen LogP contribution in [0.2, 0.25) is 0 Å². The molecule has 0 aliphatic heterocycles. The lowest BCUT2D eigenvalue weighted by molar-refractivity contribution is 0.606. The molecule has 0 aliphatic carbocycles. The molecule has 0 unspecified atom stereocenters. The summed E-state index contributed by atoms with van der Waals surface area (Å²) in [6, 6.07) is 10.1. The van der Waals surface area contributed by atoms with Crippen LogP contribution in [0.5, 0.6) is 0 Å². The van der Waals surface area contributed by atoms with E-state index in [-0.39, 0.29) is 0 Å². The Hall–Kier alpha value is -1.11. The van der Waals surface area contributed by atoms with Crippen molar-refractivity contribution in [2.24, 2.45) is 10.9 Å². The van der Waals surface area contributed by atoms with Gasteiger partial charge in [-0.1, -0.05) is 32.0 Å². The zero-order valence-electron chi connectivity index (χ0n) is 8.40. The maximum absolute atomic E-state index is 4.35. The van der Waals surface area contributed by atoms with Crippen LogP contribution in [0, 0.1) is 5.92 Å². The summed E-state index contributed by atoms with van der Waals surface area (Å²) in [4.78, 5) is 4.35. The van der Waals surface area contributed by atoms with E-state index in [4.69, 9.17) is 0 Å². The van der Waals surface area contributed by atoms with Crippen LogP contribution >= 0.6 is 0 Å². The molecule has 0 N–H and O–H groups in total. The lowest BCUT2D eigenvalue weighted by atomic mass is 10.1. The van der Waals surface area contributed by atoms with Gasteiger partial charge in [0.15, 0.2) is 0 Å². The van der Waals surface area contributed by atoms with Gasteiger partial charge in [0.05, 0.1) is 5.69 Å². The molecular weight excluding hydrogens is 158 g/mol. The van der Waals surface area contributed by atoms with E-state index in [9.17, 15) is 0 Å². The second-order valence-corrected chi connectivity index (χ2v) is 3.62. The van der Waals surface area contributed by atoms with Gasteiger partial charge in [-0.2, -0.15) is 0 Å². The Morgan fingerprint density at radius 3 is 2.54 bits per heavy atom. The van der Waals surface area contributed by atoms with Crippen molar-refractivity contribution < 1.29 is 0 Å². The third kappa shape index (κ3) is 4.46. The predicted octanol–water partition coefficient (Wildman–Crippen LogP) is 3.83. The summed E-state index contributed by atoms with van der Waals surface area (Å²) in [5.41, 5.74) is 1.05. The van der Waals surface area contributed by atoms with E-state index in [0.717, 1.165) is 18.0 Å². The van der Waals surface area contributed by atoms with Crippen LogP contribution in [-0.4, -0.2) is 6.21 Å². The first-order valence-corrected chi connectivity index (χ1v) is 4.86. The van der Waals surface area contributed by atoms with Gasteiger partial charge in [0, 0.05) is 6.21 Å². The molecule has 0 atom stereocenters. The van der Waals surface area contributed by atoms with Gasteiger partial charge in [0.1, 0.15) is 0 Å². The zero-order chi connectivity index (χ0) is 9.52. The Morgan fingerprint density at radius 1 is 1.23 bits per heavy atom. The van der Waals surface area contributed by atoms with Crippen molar-refractivity contribution >= 4 is 11.9 Å². The Kier molecular flexibility index (Phi) is 4.24. The molecule has 0 saturated carbocycles. The Morgan fingerprint density at radius 2 is 1.92 bits per heavy atom. The molecule has 0 fully saturated rings. The van der Waals surface area contributed by atoms with Gasteiger partial charge in [0.25, 0.3) is 0 Å². The van der Waals surface area contributed by atoms with E-state index in [0.29, 0.717) is 0 Å². The Labute approximate surface area is 80.5 Å². The molecule has 1 heteroatoms. The molecule has 0 bridgehead atoms. The topological polar surface area (TPSA) is 12.4 Å². The minimum atomic E-state index is 0.766. The van der Waals surface area contributed by atoms with Crippen LogP contribution < -0.4 is 0 Å². The fraction of sp³-hybridized carbons (Fsp3) is 0.417. The minimum Gasteiger partial charge on any atom is -0.261 e. The normalized spacial score (nSPS) is 11.3. The molecule has 70 valence electrons. The van der Waals surface area contributed by atoms with E-state index in [1.807, 2.05) is 36.5 Å². The van der Waals surface area contributed by atoms with Gasteiger partial charge < -0.3 is 0 Å². The molecule has 0 heterocycles. The molecule has 0 spiro atoms. The average molecular weight is 175 g/mol. The number of hydrogen-bond donors (Lipinski definition) is 0. The summed E-state index contributed by atoms with van der Waals surface area (Å²) in [6.07, 6.45) is 4.30. The lowest BCUT2D eigenvalue weighted by Gasteiger charge is -1.98. The highest BCUT2D eigenvalue weighted by Crippen LogP contribution is 2.09. The predicted molar refractivity (Wildman–Crippen MR) is 58.7 cm³/mol. The van der Waals surface area contributed by atoms with Gasteiger partial charge in [-0.15, -0.1) is 0 Å². The van der Waals surface area contributed by atoms with Crippen molar-refractivity contribution in [3.8, 4) is 0 Å². The van der Waals surface area contributed by atoms with Crippen LogP contribution in [0.25, 0.3) is 0 Å². The number of hydrogen-bond acceptors (Lipinski definition) is 1. The van der Waals surface area contributed by atoms with Crippen LogP contribution in [0.3, 0.4) is 0 Å².